The van der Waals surface area contributed by atoms with Crippen LogP contribution in [0.1, 0.15) is 12.7 Å². The van der Waals surface area contributed by atoms with Gasteiger partial charge in [0.05, 0.1) is 10.7 Å². The summed E-state index contributed by atoms with van der Waals surface area (Å²) in [5.74, 6) is 1.07. The molecule has 2 aromatic heterocycles. The highest BCUT2D eigenvalue weighted by Gasteiger charge is 2.20. The Balaban J connectivity index is 2.16. The highest BCUT2D eigenvalue weighted by Crippen LogP contribution is 2.32. The van der Waals surface area contributed by atoms with Crippen LogP contribution in [-0.4, -0.2) is 20.4 Å². The number of nitrogens with zero attached hydrogens (tertiary/aromatic N) is 3. The number of aromatic amines is 1. The highest BCUT2D eigenvalue weighted by atomic mass is 32.1. The van der Waals surface area contributed by atoms with Gasteiger partial charge in [0.15, 0.2) is 5.01 Å². The van der Waals surface area contributed by atoms with Crippen molar-refractivity contribution in [1.29, 1.82) is 0 Å². The van der Waals surface area contributed by atoms with Crippen molar-refractivity contribution in [3.8, 4) is 16.3 Å². The first kappa shape index (κ1) is 11.0. The lowest BCUT2D eigenvalue weighted by Crippen LogP contribution is -2.25. The van der Waals surface area contributed by atoms with Crippen LogP contribution >= 0.6 is 11.3 Å². The number of anilines is 1. The molecule has 0 aliphatic carbocycles. The van der Waals surface area contributed by atoms with Gasteiger partial charge in [-0.05, 0) is 23.5 Å². The summed E-state index contributed by atoms with van der Waals surface area (Å²) >= 11 is 1.42. The number of aromatic nitrogens is 4. The van der Waals surface area contributed by atoms with Crippen LogP contribution in [0.5, 0.6) is 5.75 Å². The minimum absolute atomic E-state index is 0.133. The maximum atomic E-state index is 9.88. The molecule has 0 saturated carbocycles. The van der Waals surface area contributed by atoms with Gasteiger partial charge >= 0.3 is 4.96 Å². The summed E-state index contributed by atoms with van der Waals surface area (Å²) in [4.78, 5) is 0.776. The number of hydrogen-bond donors (Lipinski definition) is 3. The van der Waals surface area contributed by atoms with Gasteiger partial charge in [0.2, 0.25) is 0 Å². The molecule has 0 aliphatic rings. The molecule has 0 saturated heterocycles. The number of H-pyrrole nitrogens is 1. The number of aromatic hydroxyl groups is 1. The number of aryl methyl sites for hydroxylation is 1. The fraction of sp³-hybridized carbons (Fsp3) is 0.182. The quantitative estimate of drug-likeness (QED) is 0.476. The first-order valence-corrected chi connectivity index (χ1v) is 6.35. The van der Waals surface area contributed by atoms with E-state index in [-0.39, 0.29) is 5.75 Å². The number of fused-ring (bicyclic) bond motifs is 1. The monoisotopic (exact) mass is 262 g/mol. The number of phenols is 1. The zero-order chi connectivity index (χ0) is 12.7. The Morgan fingerprint density at radius 3 is 3.06 bits per heavy atom. The number of nitrogen functional groups attached to an aromatic ring is 1. The van der Waals surface area contributed by atoms with Gasteiger partial charge in [0, 0.05) is 18.2 Å². The lowest BCUT2D eigenvalue weighted by molar-refractivity contribution is -0.583. The molecule has 3 aromatic rings. The van der Waals surface area contributed by atoms with Gasteiger partial charge in [-0.25, -0.2) is 0 Å². The molecule has 0 radical (unpaired) electrons. The Morgan fingerprint density at radius 2 is 2.33 bits per heavy atom. The molecule has 0 spiro atoms. The maximum absolute atomic E-state index is 9.88. The summed E-state index contributed by atoms with van der Waals surface area (Å²) in [5, 5.41) is 22.1. The van der Waals surface area contributed by atoms with E-state index in [1.165, 1.54) is 17.4 Å². The van der Waals surface area contributed by atoms with Crippen LogP contribution in [0, 0.1) is 0 Å². The molecule has 18 heavy (non-hydrogen) atoms. The van der Waals surface area contributed by atoms with Gasteiger partial charge in [0.1, 0.15) is 5.75 Å². The van der Waals surface area contributed by atoms with Crippen molar-refractivity contribution >= 4 is 22.0 Å². The average Bonchev–Trinajstić information content (AvgIpc) is 2.88. The molecule has 6 nitrogen and oxygen atoms in total. The van der Waals surface area contributed by atoms with E-state index >= 15 is 0 Å². The number of nitrogens with one attached hydrogen (secondary N) is 1. The second-order valence-corrected chi connectivity index (χ2v) is 4.86. The zero-order valence-corrected chi connectivity index (χ0v) is 10.5. The fourth-order valence-electron chi connectivity index (χ4n) is 1.76. The summed E-state index contributed by atoms with van der Waals surface area (Å²) in [7, 11) is 0. The van der Waals surface area contributed by atoms with Crippen LogP contribution in [0.25, 0.3) is 15.5 Å². The van der Waals surface area contributed by atoms with Gasteiger partial charge in [-0.3, -0.25) is 0 Å². The summed E-state index contributed by atoms with van der Waals surface area (Å²) in [5.41, 5.74) is 6.80. The van der Waals surface area contributed by atoms with Gasteiger partial charge in [-0.15, -0.1) is 5.10 Å². The third-order valence-electron chi connectivity index (χ3n) is 2.68. The number of rotatable bonds is 2. The van der Waals surface area contributed by atoms with Crippen molar-refractivity contribution in [2.24, 2.45) is 0 Å². The molecule has 3 rings (SSSR count). The number of hydrogen-bond acceptors (Lipinski definition) is 5. The highest BCUT2D eigenvalue weighted by molar-refractivity contribution is 7.19. The predicted octanol–water partition coefficient (Wildman–Crippen LogP) is 1.12. The molecule has 0 fully saturated rings. The summed E-state index contributed by atoms with van der Waals surface area (Å²) < 4.78 is 1.76. The summed E-state index contributed by atoms with van der Waals surface area (Å²) in [6.45, 7) is 2.03. The molecular weight excluding hydrogens is 250 g/mol. The smallest absolute Gasteiger partial charge is 0.384 e. The maximum Gasteiger partial charge on any atom is 0.384 e. The Kier molecular flexibility index (Phi) is 2.41. The van der Waals surface area contributed by atoms with E-state index in [2.05, 4.69) is 15.3 Å². The van der Waals surface area contributed by atoms with E-state index in [0.717, 1.165) is 22.2 Å². The number of benzene rings is 1. The van der Waals surface area contributed by atoms with Crippen LogP contribution in [0.15, 0.2) is 18.2 Å². The molecule has 92 valence electrons. The molecular formula is C11H12N5OS+. The first-order valence-electron chi connectivity index (χ1n) is 5.54. The largest absolute Gasteiger partial charge is 0.507 e. The minimum Gasteiger partial charge on any atom is -0.507 e. The topological polar surface area (TPSA) is 91.9 Å². The molecule has 2 heterocycles. The zero-order valence-electron chi connectivity index (χ0n) is 9.71. The first-order chi connectivity index (χ1) is 8.69. The van der Waals surface area contributed by atoms with Crippen molar-refractivity contribution in [1.82, 2.24) is 15.3 Å². The molecule has 0 unspecified atom stereocenters. The lowest BCUT2D eigenvalue weighted by atomic mass is 10.2. The number of phenolic OH excluding ortho intramolecular Hbond substituents is 1. The van der Waals surface area contributed by atoms with E-state index in [9.17, 15) is 5.11 Å². The molecule has 0 bridgehead atoms. The fourth-order valence-corrected chi connectivity index (χ4v) is 2.66. The standard InChI is InChI=1S/C11H11N5OS/c1-2-9-13-14-11-16(9)15-10(18-11)7-4-3-6(12)5-8(7)17/h3-5H,2H2,1H3,(H3,12,15,17)/p+1. The average molecular weight is 262 g/mol. The Bertz CT molecular complexity index is 717. The van der Waals surface area contributed by atoms with Gasteiger partial charge in [0.25, 0.3) is 5.82 Å². The SMILES string of the molecule is CCc1[nH]nc2sc(-c3ccc(N)cc3O)n[n+]12. The van der Waals surface area contributed by atoms with Gasteiger partial charge in [-0.2, -0.15) is 0 Å². The summed E-state index contributed by atoms with van der Waals surface area (Å²) in [6, 6.07) is 5.02. The summed E-state index contributed by atoms with van der Waals surface area (Å²) in [6.07, 6.45) is 0.818. The minimum atomic E-state index is 0.133. The molecule has 0 amide bonds. The van der Waals surface area contributed by atoms with Crippen molar-refractivity contribution in [3.63, 3.8) is 0 Å². The van der Waals surface area contributed by atoms with E-state index in [4.69, 9.17) is 5.73 Å². The molecule has 0 aliphatic heterocycles. The van der Waals surface area contributed by atoms with E-state index in [1.54, 1.807) is 16.6 Å². The predicted molar refractivity (Wildman–Crippen MR) is 68.3 cm³/mol. The van der Waals surface area contributed by atoms with Gasteiger partial charge in [-0.1, -0.05) is 16.5 Å². The van der Waals surface area contributed by atoms with Crippen molar-refractivity contribution in [2.45, 2.75) is 13.3 Å². The van der Waals surface area contributed by atoms with Crippen LogP contribution in [0.2, 0.25) is 0 Å². The normalized spacial score (nSPS) is 11.2. The molecule has 4 N–H and O–H groups in total. The van der Waals surface area contributed by atoms with Crippen molar-refractivity contribution < 1.29 is 9.62 Å². The molecule has 0 atom stereocenters. The second-order valence-electron chi connectivity index (χ2n) is 3.90. The second kappa shape index (κ2) is 3.95. The number of nitrogens with two attached hydrogens (primary N) is 1. The van der Waals surface area contributed by atoms with E-state index in [1.807, 2.05) is 6.92 Å². The molecule has 7 heteroatoms. The van der Waals surface area contributed by atoms with Crippen LogP contribution in [0.4, 0.5) is 5.69 Å². The van der Waals surface area contributed by atoms with E-state index < -0.39 is 0 Å². The van der Waals surface area contributed by atoms with Gasteiger partial charge < -0.3 is 10.8 Å². The van der Waals surface area contributed by atoms with E-state index in [0.29, 0.717) is 11.3 Å². The third kappa shape index (κ3) is 1.60. The van der Waals surface area contributed by atoms with Crippen molar-refractivity contribution in [3.05, 3.63) is 24.0 Å². The Labute approximate surface area is 107 Å². The lowest BCUT2D eigenvalue weighted by Gasteiger charge is -2.00. The Morgan fingerprint density at radius 1 is 1.50 bits per heavy atom. The van der Waals surface area contributed by atoms with Crippen LogP contribution in [-0.2, 0) is 6.42 Å². The Hall–Kier alpha value is -2.15. The third-order valence-corrected chi connectivity index (χ3v) is 3.63. The van der Waals surface area contributed by atoms with Crippen LogP contribution < -0.4 is 10.2 Å². The van der Waals surface area contributed by atoms with Crippen molar-refractivity contribution in [2.75, 3.05) is 5.73 Å². The molecule has 1 aromatic carbocycles. The van der Waals surface area contributed by atoms with Crippen LogP contribution in [0.3, 0.4) is 0 Å².